The number of anilines is 3. The van der Waals surface area contributed by atoms with Gasteiger partial charge in [-0.3, -0.25) is 4.90 Å². The normalized spacial score (nSPS) is 15.7. The highest BCUT2D eigenvalue weighted by molar-refractivity contribution is 5.46. The largest absolute Gasteiger partial charge is 0.369 e. The van der Waals surface area contributed by atoms with Crippen molar-refractivity contribution in [2.45, 2.75) is 6.54 Å². The van der Waals surface area contributed by atoms with Crippen molar-refractivity contribution < 1.29 is 0 Å². The van der Waals surface area contributed by atoms with E-state index in [9.17, 15) is 0 Å². The summed E-state index contributed by atoms with van der Waals surface area (Å²) in [7, 11) is 3.80. The van der Waals surface area contributed by atoms with Crippen LogP contribution in [-0.4, -0.2) is 60.1 Å². The van der Waals surface area contributed by atoms with Crippen LogP contribution in [0, 0.1) is 0 Å². The van der Waals surface area contributed by atoms with Crippen LogP contribution in [0.5, 0.6) is 0 Å². The molecule has 0 aliphatic carbocycles. The van der Waals surface area contributed by atoms with E-state index in [2.05, 4.69) is 49.0 Å². The minimum atomic E-state index is 0.279. The van der Waals surface area contributed by atoms with Gasteiger partial charge in [0.2, 0.25) is 11.9 Å². The molecule has 0 radical (unpaired) electrons. The Morgan fingerprint density at radius 1 is 1.00 bits per heavy atom. The molecule has 1 aliphatic rings. The van der Waals surface area contributed by atoms with E-state index < -0.39 is 0 Å². The summed E-state index contributed by atoms with van der Waals surface area (Å²) in [4.78, 5) is 19.5. The van der Waals surface area contributed by atoms with Crippen molar-refractivity contribution in [2.75, 3.05) is 55.8 Å². The number of rotatable bonds is 4. The van der Waals surface area contributed by atoms with Crippen LogP contribution in [0.15, 0.2) is 30.3 Å². The molecule has 2 heterocycles. The highest BCUT2D eigenvalue weighted by atomic mass is 15.3. The standard InChI is InChI=1S/C16H23N7/c1-21(2)16-19-14(18-15(17)20-16)12-22-8-10-23(11-9-22)13-6-4-3-5-7-13/h3-7H,8-12H2,1-2H3,(H2,17,18,19,20). The summed E-state index contributed by atoms with van der Waals surface area (Å²) < 4.78 is 0. The van der Waals surface area contributed by atoms with Crippen molar-refractivity contribution in [3.8, 4) is 0 Å². The van der Waals surface area contributed by atoms with Gasteiger partial charge >= 0.3 is 0 Å². The van der Waals surface area contributed by atoms with Gasteiger partial charge in [-0.2, -0.15) is 15.0 Å². The number of aromatic nitrogens is 3. The predicted octanol–water partition coefficient (Wildman–Crippen LogP) is 0.842. The number of para-hydroxylation sites is 1. The second-order valence-corrected chi connectivity index (χ2v) is 5.90. The third-order valence-corrected chi connectivity index (χ3v) is 3.95. The van der Waals surface area contributed by atoms with Gasteiger partial charge in [0.15, 0.2) is 0 Å². The van der Waals surface area contributed by atoms with Crippen LogP contribution in [-0.2, 0) is 6.54 Å². The number of nitrogens with zero attached hydrogens (tertiary/aromatic N) is 6. The lowest BCUT2D eigenvalue weighted by Gasteiger charge is -2.35. The van der Waals surface area contributed by atoms with Crippen LogP contribution in [0.1, 0.15) is 5.82 Å². The molecule has 0 spiro atoms. The monoisotopic (exact) mass is 313 g/mol. The van der Waals surface area contributed by atoms with Gasteiger partial charge in [-0.1, -0.05) is 18.2 Å². The van der Waals surface area contributed by atoms with Crippen LogP contribution in [0.25, 0.3) is 0 Å². The van der Waals surface area contributed by atoms with Crippen molar-refractivity contribution in [2.24, 2.45) is 0 Å². The van der Waals surface area contributed by atoms with Gasteiger partial charge in [-0.25, -0.2) is 0 Å². The van der Waals surface area contributed by atoms with Crippen LogP contribution >= 0.6 is 0 Å². The molecule has 2 N–H and O–H groups in total. The second-order valence-electron chi connectivity index (χ2n) is 5.90. The molecule has 1 fully saturated rings. The lowest BCUT2D eigenvalue weighted by atomic mass is 10.2. The van der Waals surface area contributed by atoms with E-state index in [1.807, 2.05) is 25.1 Å². The maximum atomic E-state index is 5.78. The fourth-order valence-corrected chi connectivity index (χ4v) is 2.70. The van der Waals surface area contributed by atoms with Gasteiger partial charge < -0.3 is 15.5 Å². The molecule has 0 bridgehead atoms. The molecule has 1 aliphatic heterocycles. The zero-order valence-electron chi connectivity index (χ0n) is 13.7. The Bertz CT molecular complexity index is 636. The topological polar surface area (TPSA) is 74.4 Å². The Morgan fingerprint density at radius 2 is 1.70 bits per heavy atom. The van der Waals surface area contributed by atoms with Crippen molar-refractivity contribution >= 4 is 17.6 Å². The number of nitrogen functional groups attached to an aromatic ring is 1. The van der Waals surface area contributed by atoms with E-state index >= 15 is 0 Å². The van der Waals surface area contributed by atoms with E-state index in [0.717, 1.165) is 32.0 Å². The minimum absolute atomic E-state index is 0.279. The molecule has 0 atom stereocenters. The Balaban J connectivity index is 1.61. The van der Waals surface area contributed by atoms with Gasteiger partial charge in [0, 0.05) is 46.0 Å². The third kappa shape index (κ3) is 3.87. The van der Waals surface area contributed by atoms with E-state index in [0.29, 0.717) is 12.5 Å². The molecule has 1 aromatic heterocycles. The minimum Gasteiger partial charge on any atom is -0.369 e. The average Bonchev–Trinajstić information content (AvgIpc) is 2.56. The fraction of sp³-hybridized carbons (Fsp3) is 0.438. The Hall–Kier alpha value is -2.41. The van der Waals surface area contributed by atoms with Crippen LogP contribution in [0.3, 0.4) is 0 Å². The SMILES string of the molecule is CN(C)c1nc(N)nc(CN2CCN(c3ccccc3)CC2)n1. The van der Waals surface area contributed by atoms with E-state index in [1.54, 1.807) is 0 Å². The molecular weight excluding hydrogens is 290 g/mol. The fourth-order valence-electron chi connectivity index (χ4n) is 2.70. The molecule has 0 unspecified atom stereocenters. The van der Waals surface area contributed by atoms with Crippen LogP contribution < -0.4 is 15.5 Å². The Kier molecular flexibility index (Phi) is 4.57. The highest BCUT2D eigenvalue weighted by Gasteiger charge is 2.18. The number of nitrogens with two attached hydrogens (primary N) is 1. The van der Waals surface area contributed by atoms with E-state index in [1.165, 1.54) is 5.69 Å². The summed E-state index contributed by atoms with van der Waals surface area (Å²) in [5, 5.41) is 0. The number of piperazine rings is 1. The zero-order valence-corrected chi connectivity index (χ0v) is 13.7. The molecule has 122 valence electrons. The van der Waals surface area contributed by atoms with Crippen molar-refractivity contribution in [1.29, 1.82) is 0 Å². The second kappa shape index (κ2) is 6.78. The lowest BCUT2D eigenvalue weighted by molar-refractivity contribution is 0.244. The van der Waals surface area contributed by atoms with Gasteiger partial charge in [0.25, 0.3) is 0 Å². The predicted molar refractivity (Wildman–Crippen MR) is 92.5 cm³/mol. The zero-order chi connectivity index (χ0) is 16.2. The lowest BCUT2D eigenvalue weighted by Crippen LogP contribution is -2.46. The molecule has 1 aromatic carbocycles. The summed E-state index contributed by atoms with van der Waals surface area (Å²) in [6.07, 6.45) is 0. The van der Waals surface area contributed by atoms with Crippen LogP contribution in [0.4, 0.5) is 17.6 Å². The number of benzene rings is 1. The number of hydrogen-bond acceptors (Lipinski definition) is 7. The molecule has 3 rings (SSSR count). The first-order valence-corrected chi connectivity index (χ1v) is 7.82. The Labute approximate surface area is 136 Å². The molecule has 2 aromatic rings. The Morgan fingerprint density at radius 3 is 2.35 bits per heavy atom. The molecule has 7 nitrogen and oxygen atoms in total. The summed E-state index contributed by atoms with van der Waals surface area (Å²) in [6.45, 7) is 4.68. The van der Waals surface area contributed by atoms with Crippen molar-refractivity contribution in [3.63, 3.8) is 0 Å². The molecule has 7 heteroatoms. The maximum absolute atomic E-state index is 5.78. The van der Waals surface area contributed by atoms with Crippen molar-refractivity contribution in [3.05, 3.63) is 36.2 Å². The van der Waals surface area contributed by atoms with Gasteiger partial charge in [0.05, 0.1) is 6.54 Å². The van der Waals surface area contributed by atoms with E-state index in [-0.39, 0.29) is 5.95 Å². The first-order valence-electron chi connectivity index (χ1n) is 7.82. The molecule has 0 amide bonds. The molecule has 0 saturated carbocycles. The summed E-state index contributed by atoms with van der Waals surface area (Å²) in [5.41, 5.74) is 7.07. The average molecular weight is 313 g/mol. The smallest absolute Gasteiger partial charge is 0.229 e. The quantitative estimate of drug-likeness (QED) is 0.896. The number of hydrogen-bond donors (Lipinski definition) is 1. The van der Waals surface area contributed by atoms with Gasteiger partial charge in [-0.05, 0) is 12.1 Å². The first-order chi connectivity index (χ1) is 11.1. The summed E-state index contributed by atoms with van der Waals surface area (Å²) in [6, 6.07) is 10.5. The van der Waals surface area contributed by atoms with E-state index in [4.69, 9.17) is 5.73 Å². The van der Waals surface area contributed by atoms with Gasteiger partial charge in [0.1, 0.15) is 5.82 Å². The summed E-state index contributed by atoms with van der Waals surface area (Å²) >= 11 is 0. The molecular formula is C16H23N7. The first kappa shape index (κ1) is 15.5. The highest BCUT2D eigenvalue weighted by Crippen LogP contribution is 2.16. The maximum Gasteiger partial charge on any atom is 0.229 e. The van der Waals surface area contributed by atoms with Gasteiger partial charge in [-0.15, -0.1) is 0 Å². The third-order valence-electron chi connectivity index (χ3n) is 3.95. The van der Waals surface area contributed by atoms with Crippen molar-refractivity contribution in [1.82, 2.24) is 19.9 Å². The molecule has 1 saturated heterocycles. The molecule has 23 heavy (non-hydrogen) atoms. The van der Waals surface area contributed by atoms with Crippen LogP contribution in [0.2, 0.25) is 0 Å². The summed E-state index contributed by atoms with van der Waals surface area (Å²) in [5.74, 6) is 1.62.